The fourth-order valence-electron chi connectivity index (χ4n) is 3.73. The Labute approximate surface area is 122 Å². The molecule has 2 unspecified atom stereocenters. The summed E-state index contributed by atoms with van der Waals surface area (Å²) in [7, 11) is 0. The lowest BCUT2D eigenvalue weighted by Gasteiger charge is -2.42. The molecule has 1 amide bonds. The van der Waals surface area contributed by atoms with Crippen molar-refractivity contribution in [3.05, 3.63) is 0 Å². The van der Waals surface area contributed by atoms with Crippen molar-refractivity contribution in [1.29, 1.82) is 0 Å². The average Bonchev–Trinajstić information content (AvgIpc) is 2.91. The van der Waals surface area contributed by atoms with Crippen LogP contribution < -0.4 is 0 Å². The van der Waals surface area contributed by atoms with E-state index in [9.17, 15) is 9.90 Å². The molecule has 1 aliphatic heterocycles. The van der Waals surface area contributed by atoms with Gasteiger partial charge in [-0.25, -0.2) is 4.79 Å². The maximum absolute atomic E-state index is 12.4. The van der Waals surface area contributed by atoms with Gasteiger partial charge in [-0.2, -0.15) is 0 Å². The summed E-state index contributed by atoms with van der Waals surface area (Å²) in [6.07, 6.45) is 3.89. The molecular formula is C16H29NO3. The second kappa shape index (κ2) is 4.90. The predicted octanol–water partition coefficient (Wildman–Crippen LogP) is 3.18. The quantitative estimate of drug-likeness (QED) is 0.846. The number of carbonyl (C=O) groups is 1. The average molecular weight is 283 g/mol. The Morgan fingerprint density at radius 1 is 1.35 bits per heavy atom. The van der Waals surface area contributed by atoms with Crippen molar-refractivity contribution >= 4 is 6.09 Å². The lowest BCUT2D eigenvalue weighted by molar-refractivity contribution is -0.0135. The van der Waals surface area contributed by atoms with Crippen LogP contribution in [0.3, 0.4) is 0 Å². The van der Waals surface area contributed by atoms with E-state index < -0.39 is 5.60 Å². The molecule has 20 heavy (non-hydrogen) atoms. The topological polar surface area (TPSA) is 49.8 Å². The van der Waals surface area contributed by atoms with E-state index in [1.54, 1.807) is 0 Å². The predicted molar refractivity (Wildman–Crippen MR) is 78.5 cm³/mol. The van der Waals surface area contributed by atoms with Gasteiger partial charge < -0.3 is 14.7 Å². The van der Waals surface area contributed by atoms with Gasteiger partial charge in [0.05, 0.1) is 6.61 Å². The number of hydrogen-bond donors (Lipinski definition) is 1. The zero-order chi connectivity index (χ0) is 15.2. The van der Waals surface area contributed by atoms with Crippen LogP contribution in [-0.2, 0) is 4.74 Å². The summed E-state index contributed by atoms with van der Waals surface area (Å²) >= 11 is 0. The third kappa shape index (κ3) is 2.67. The van der Waals surface area contributed by atoms with Gasteiger partial charge in [0, 0.05) is 18.0 Å². The number of rotatable bonds is 2. The van der Waals surface area contributed by atoms with E-state index in [0.717, 1.165) is 32.2 Å². The first kappa shape index (κ1) is 15.6. The van der Waals surface area contributed by atoms with Crippen LogP contribution in [0.15, 0.2) is 0 Å². The second-order valence-electron chi connectivity index (χ2n) is 8.06. The maximum atomic E-state index is 12.4. The molecule has 2 atom stereocenters. The molecule has 1 N–H and O–H groups in total. The van der Waals surface area contributed by atoms with Crippen molar-refractivity contribution in [1.82, 2.24) is 4.90 Å². The molecule has 0 aromatic heterocycles. The summed E-state index contributed by atoms with van der Waals surface area (Å²) < 4.78 is 5.55. The standard InChI is InChI=1S/C16H29NO3/c1-14(2,3)20-13(19)17-9-7-6-8-12(17)16(11-18)10-15(16,4)5/h12,18H,6-11H2,1-5H3. The fourth-order valence-corrected chi connectivity index (χ4v) is 3.73. The van der Waals surface area contributed by atoms with Crippen LogP contribution in [0, 0.1) is 10.8 Å². The second-order valence-corrected chi connectivity index (χ2v) is 8.06. The molecule has 0 radical (unpaired) electrons. The zero-order valence-electron chi connectivity index (χ0n) is 13.5. The van der Waals surface area contributed by atoms with E-state index in [2.05, 4.69) is 13.8 Å². The summed E-state index contributed by atoms with van der Waals surface area (Å²) in [6, 6.07) is 0.117. The molecule has 1 saturated heterocycles. The van der Waals surface area contributed by atoms with E-state index >= 15 is 0 Å². The molecule has 0 bridgehead atoms. The maximum Gasteiger partial charge on any atom is 0.410 e. The van der Waals surface area contributed by atoms with Gasteiger partial charge in [-0.15, -0.1) is 0 Å². The third-order valence-electron chi connectivity index (χ3n) is 5.03. The number of likely N-dealkylation sites (tertiary alicyclic amines) is 1. The highest BCUT2D eigenvalue weighted by atomic mass is 16.6. The van der Waals surface area contributed by atoms with Gasteiger partial charge in [-0.3, -0.25) is 0 Å². The van der Waals surface area contributed by atoms with Crippen LogP contribution in [0.2, 0.25) is 0 Å². The van der Waals surface area contributed by atoms with Gasteiger partial charge >= 0.3 is 6.09 Å². The lowest BCUT2D eigenvalue weighted by atomic mass is 9.83. The SMILES string of the molecule is CC(C)(C)OC(=O)N1CCCCC1C1(CO)CC1(C)C. The Hall–Kier alpha value is -0.770. The number of amides is 1. The fraction of sp³-hybridized carbons (Fsp3) is 0.938. The van der Waals surface area contributed by atoms with Crippen LogP contribution in [0.4, 0.5) is 4.79 Å². The third-order valence-corrected chi connectivity index (χ3v) is 5.03. The van der Waals surface area contributed by atoms with Gasteiger partial charge in [-0.1, -0.05) is 13.8 Å². The summed E-state index contributed by atoms with van der Waals surface area (Å²) in [5, 5.41) is 9.90. The first-order chi connectivity index (χ1) is 9.13. The number of carbonyl (C=O) groups excluding carboxylic acids is 1. The molecule has 2 aliphatic rings. The van der Waals surface area contributed by atoms with Gasteiger partial charge in [0.2, 0.25) is 0 Å². The zero-order valence-corrected chi connectivity index (χ0v) is 13.5. The van der Waals surface area contributed by atoms with Crippen LogP contribution >= 0.6 is 0 Å². The van der Waals surface area contributed by atoms with Crippen LogP contribution in [0.1, 0.15) is 60.3 Å². The highest BCUT2D eigenvalue weighted by Gasteiger charge is 2.66. The Balaban J connectivity index is 2.16. The molecule has 1 aliphatic carbocycles. The van der Waals surface area contributed by atoms with E-state index in [1.165, 1.54) is 0 Å². The number of piperidine rings is 1. The summed E-state index contributed by atoms with van der Waals surface area (Å²) in [4.78, 5) is 14.3. The van der Waals surface area contributed by atoms with Crippen molar-refractivity contribution in [2.45, 2.75) is 71.9 Å². The monoisotopic (exact) mass is 283 g/mol. The van der Waals surface area contributed by atoms with Gasteiger partial charge in [0.1, 0.15) is 5.60 Å². The molecule has 4 heteroatoms. The highest BCUT2D eigenvalue weighted by Crippen LogP contribution is 2.67. The molecule has 116 valence electrons. The largest absolute Gasteiger partial charge is 0.444 e. The molecule has 1 heterocycles. The smallest absolute Gasteiger partial charge is 0.410 e. The van der Waals surface area contributed by atoms with E-state index in [-0.39, 0.29) is 29.6 Å². The minimum Gasteiger partial charge on any atom is -0.444 e. The van der Waals surface area contributed by atoms with E-state index in [0.29, 0.717) is 0 Å². The molecule has 1 saturated carbocycles. The number of nitrogens with zero attached hydrogens (tertiary/aromatic N) is 1. The van der Waals surface area contributed by atoms with Crippen LogP contribution in [-0.4, -0.2) is 40.9 Å². The van der Waals surface area contributed by atoms with Crippen molar-refractivity contribution < 1.29 is 14.6 Å². The summed E-state index contributed by atoms with van der Waals surface area (Å²) in [5.74, 6) is 0. The summed E-state index contributed by atoms with van der Waals surface area (Å²) in [6.45, 7) is 11.0. The van der Waals surface area contributed by atoms with Crippen molar-refractivity contribution in [2.75, 3.05) is 13.2 Å². The lowest BCUT2D eigenvalue weighted by Crippen LogP contribution is -2.52. The Bertz CT molecular complexity index is 386. The van der Waals surface area contributed by atoms with Gasteiger partial charge in [0.15, 0.2) is 0 Å². The molecular weight excluding hydrogens is 254 g/mol. The number of ether oxygens (including phenoxy) is 1. The number of aliphatic hydroxyl groups excluding tert-OH is 1. The number of aliphatic hydroxyl groups is 1. The minimum absolute atomic E-state index is 0.115. The minimum atomic E-state index is -0.468. The molecule has 4 nitrogen and oxygen atoms in total. The van der Waals surface area contributed by atoms with E-state index in [4.69, 9.17) is 4.74 Å². The first-order valence-corrected chi connectivity index (χ1v) is 7.73. The molecule has 2 rings (SSSR count). The van der Waals surface area contributed by atoms with Crippen molar-refractivity contribution in [2.24, 2.45) is 10.8 Å². The summed E-state index contributed by atoms with van der Waals surface area (Å²) in [5.41, 5.74) is -0.487. The van der Waals surface area contributed by atoms with Gasteiger partial charge in [-0.05, 0) is 51.9 Å². The molecule has 0 aromatic carbocycles. The van der Waals surface area contributed by atoms with Crippen LogP contribution in [0.25, 0.3) is 0 Å². The van der Waals surface area contributed by atoms with E-state index in [1.807, 2.05) is 25.7 Å². The number of hydrogen-bond acceptors (Lipinski definition) is 3. The highest BCUT2D eigenvalue weighted by molar-refractivity contribution is 5.69. The molecule has 2 fully saturated rings. The first-order valence-electron chi connectivity index (χ1n) is 7.73. The molecule has 0 aromatic rings. The van der Waals surface area contributed by atoms with Gasteiger partial charge in [0.25, 0.3) is 0 Å². The molecule has 0 spiro atoms. The Morgan fingerprint density at radius 2 is 1.95 bits per heavy atom. The van der Waals surface area contributed by atoms with Crippen LogP contribution in [0.5, 0.6) is 0 Å². The Morgan fingerprint density at radius 3 is 2.40 bits per heavy atom. The normalized spacial score (nSPS) is 32.9. The Kier molecular flexibility index (Phi) is 3.83. The van der Waals surface area contributed by atoms with Crippen molar-refractivity contribution in [3.63, 3.8) is 0 Å². The van der Waals surface area contributed by atoms with Crippen molar-refractivity contribution in [3.8, 4) is 0 Å².